The first-order valence-electron chi connectivity index (χ1n) is 23.2. The maximum Gasteiger partial charge on any atom is 0.417 e. The molecular formula is C47H63ClF6N12O8. The average molecular weight is 1070 g/mol. The highest BCUT2D eigenvalue weighted by atomic mass is 35.5. The molecule has 74 heavy (non-hydrogen) atoms. The van der Waals surface area contributed by atoms with Gasteiger partial charge < -0.3 is 33.6 Å². The van der Waals surface area contributed by atoms with Crippen molar-refractivity contribution in [2.45, 2.75) is 152 Å². The van der Waals surface area contributed by atoms with E-state index in [1.165, 1.54) is 28.1 Å². The lowest BCUT2D eigenvalue weighted by Crippen LogP contribution is -2.50. The van der Waals surface area contributed by atoms with E-state index in [4.69, 9.17) is 14.2 Å². The van der Waals surface area contributed by atoms with E-state index >= 15 is 0 Å². The molecule has 0 aliphatic carbocycles. The molecule has 3 amide bonds. The third-order valence-corrected chi connectivity index (χ3v) is 11.3. The Bertz CT molecular complexity index is 2480. The van der Waals surface area contributed by atoms with Gasteiger partial charge >= 0.3 is 42.7 Å². The van der Waals surface area contributed by atoms with Crippen LogP contribution in [0.4, 0.5) is 40.7 Å². The van der Waals surface area contributed by atoms with Gasteiger partial charge in [0.1, 0.15) is 33.0 Å². The van der Waals surface area contributed by atoms with Crippen LogP contribution in [0.1, 0.15) is 131 Å². The van der Waals surface area contributed by atoms with Gasteiger partial charge in [-0.25, -0.2) is 28.5 Å². The number of alkyl halides is 7. The van der Waals surface area contributed by atoms with Gasteiger partial charge in [-0.15, -0.1) is 0 Å². The molecule has 3 unspecified atom stereocenters. The number of aromatic nitrogens is 6. The number of aromatic amines is 1. The van der Waals surface area contributed by atoms with E-state index in [-0.39, 0.29) is 30.6 Å². The van der Waals surface area contributed by atoms with Crippen LogP contribution in [-0.2, 0) is 40.0 Å². The molecule has 3 aliphatic rings. The van der Waals surface area contributed by atoms with Gasteiger partial charge in [0, 0.05) is 57.9 Å². The van der Waals surface area contributed by atoms with Crippen LogP contribution < -0.4 is 0 Å². The normalized spacial score (nSPS) is 21.2. The molecule has 3 fully saturated rings. The summed E-state index contributed by atoms with van der Waals surface area (Å²) in [6.45, 7) is 12.4. The number of nitrogens with zero attached hydrogens (tertiary/aromatic N) is 11. The molecule has 0 spiro atoms. The summed E-state index contributed by atoms with van der Waals surface area (Å²) in [5, 5.41) is 39.1. The Hall–Kier alpha value is -6.75. The number of esters is 1. The first kappa shape index (κ1) is 61.5. The minimum atomic E-state index is -3.88. The Morgan fingerprint density at radius 3 is 1.46 bits per heavy atom. The van der Waals surface area contributed by atoms with Crippen molar-refractivity contribution >= 4 is 35.8 Å². The van der Waals surface area contributed by atoms with Gasteiger partial charge in [0.2, 0.25) is 0 Å². The number of nitrogens with one attached hydrogen (secondary N) is 1. The fraction of sp³-hybridized carbons (Fsp3) is 0.660. The standard InChI is InChI=1S/2C15H20F2N4O2.C14H20N4O2.C3H3ClF2O2/c1-14(2,3)23-13(22)20-8-4-6-15(9-18,10-20)11-5-7-19-21(11)12(16)17;1-14(2,3)23-13(22)20-7-4-6-15(9-18,10-20)11-5-8-21(19-11)12(16)17;1-13(2,3)20-12(19)18-8-4-6-14(9-15,10-18)11-5-7-16-17-11;1-8-2(7)3(4,5)6/h5,7,12H,4,6,8,10H2,1-3H3;5,8,12H,4,6-7,10H2,1-3H3;5,7H,4,6,8,10H2,1-3H3,(H,16,17);1H3. The second kappa shape index (κ2) is 25.0. The van der Waals surface area contributed by atoms with Crippen LogP contribution in [0, 0.1) is 34.0 Å². The Morgan fingerprint density at radius 1 is 0.676 bits per heavy atom. The zero-order chi connectivity index (χ0) is 56.1. The number of H-pyrrole nitrogens is 1. The van der Waals surface area contributed by atoms with E-state index in [9.17, 15) is 61.3 Å². The van der Waals surface area contributed by atoms with Crippen LogP contribution in [0.15, 0.2) is 36.8 Å². The van der Waals surface area contributed by atoms with E-state index in [0.29, 0.717) is 67.6 Å². The first-order chi connectivity index (χ1) is 34.2. The second-order valence-electron chi connectivity index (χ2n) is 20.5. The molecule has 3 atom stereocenters. The lowest BCUT2D eigenvalue weighted by Gasteiger charge is -2.38. The van der Waals surface area contributed by atoms with Crippen molar-refractivity contribution in [1.82, 2.24) is 44.5 Å². The molecule has 6 rings (SSSR count). The van der Waals surface area contributed by atoms with E-state index in [1.807, 2.05) is 20.8 Å². The smallest absolute Gasteiger partial charge is 0.417 e. The number of carbonyl (C=O) groups excluding carboxylic acids is 4. The number of ether oxygens (including phenoxy) is 4. The minimum absolute atomic E-state index is 0.0107. The summed E-state index contributed by atoms with van der Waals surface area (Å²) in [6.07, 6.45) is 6.04. The maximum absolute atomic E-state index is 13.1. The van der Waals surface area contributed by atoms with Gasteiger partial charge in [0.15, 0.2) is 0 Å². The predicted molar refractivity (Wildman–Crippen MR) is 251 cm³/mol. The van der Waals surface area contributed by atoms with Crippen molar-refractivity contribution < 1.29 is 64.5 Å². The predicted octanol–water partition coefficient (Wildman–Crippen LogP) is 9.33. The molecule has 3 aromatic heterocycles. The van der Waals surface area contributed by atoms with Crippen LogP contribution in [0.2, 0.25) is 0 Å². The summed E-state index contributed by atoms with van der Waals surface area (Å²) in [4.78, 5) is 50.8. The lowest BCUT2D eigenvalue weighted by molar-refractivity contribution is -0.157. The quantitative estimate of drug-likeness (QED) is 0.105. The molecule has 0 bridgehead atoms. The van der Waals surface area contributed by atoms with Crippen molar-refractivity contribution in [2.75, 3.05) is 46.4 Å². The monoisotopic (exact) mass is 1070 g/mol. The topological polar surface area (TPSA) is 251 Å². The van der Waals surface area contributed by atoms with Gasteiger partial charge in [0.25, 0.3) is 0 Å². The third-order valence-electron chi connectivity index (χ3n) is 11.2. The molecule has 408 valence electrons. The fourth-order valence-corrected chi connectivity index (χ4v) is 7.97. The number of nitriles is 3. The summed E-state index contributed by atoms with van der Waals surface area (Å²) in [7, 11) is 0.832. The van der Waals surface area contributed by atoms with Gasteiger partial charge in [-0.2, -0.15) is 57.4 Å². The Labute approximate surface area is 430 Å². The highest BCUT2D eigenvalue weighted by Crippen LogP contribution is 2.37. The number of carbonyl (C=O) groups is 4. The number of likely N-dealkylation sites (tertiary alicyclic amines) is 3. The van der Waals surface area contributed by atoms with Crippen LogP contribution in [0.5, 0.6) is 0 Å². The maximum atomic E-state index is 13.1. The fourth-order valence-electron chi connectivity index (χ4n) is 7.89. The van der Waals surface area contributed by atoms with Gasteiger partial charge in [-0.3, -0.25) is 5.10 Å². The molecular weight excluding hydrogens is 1010 g/mol. The highest BCUT2D eigenvalue weighted by molar-refractivity contribution is 6.31. The summed E-state index contributed by atoms with van der Waals surface area (Å²) in [5.74, 6) is -1.74. The zero-order valence-electron chi connectivity index (χ0n) is 42.9. The van der Waals surface area contributed by atoms with Crippen LogP contribution in [-0.4, -0.2) is 137 Å². The van der Waals surface area contributed by atoms with Crippen LogP contribution in [0.3, 0.4) is 0 Å². The minimum Gasteiger partial charge on any atom is -0.464 e. The molecule has 1 N–H and O–H groups in total. The van der Waals surface area contributed by atoms with Gasteiger partial charge in [-0.1, -0.05) is 0 Å². The van der Waals surface area contributed by atoms with E-state index in [2.05, 4.69) is 54.9 Å². The first-order valence-corrected chi connectivity index (χ1v) is 23.6. The molecule has 0 radical (unpaired) electrons. The lowest BCUT2D eigenvalue weighted by atomic mass is 9.78. The van der Waals surface area contributed by atoms with E-state index < -0.39 is 69.7 Å². The molecule has 0 aromatic carbocycles. The molecule has 3 aliphatic heterocycles. The Morgan fingerprint density at radius 2 is 1.11 bits per heavy atom. The third kappa shape index (κ3) is 17.2. The number of halogens is 7. The Kier molecular flexibility index (Phi) is 20.8. The SMILES string of the molecule is CC(C)(C)OC(=O)N1CCCC(C#N)(c2ccn(C(F)F)n2)C1.CC(C)(C)OC(=O)N1CCCC(C#N)(c2ccn[nH]2)C1.CC(C)(C)OC(=O)N1CCCC(C#N)(c2ccnn2C(F)F)C1.COC(=O)C(F)(F)Cl. The number of piperidine rings is 3. The Balaban J connectivity index is 0.000000273. The van der Waals surface area contributed by atoms with Crippen molar-refractivity contribution in [3.8, 4) is 18.2 Å². The summed E-state index contributed by atoms with van der Waals surface area (Å²) in [6, 6.07) is 11.2. The highest BCUT2D eigenvalue weighted by Gasteiger charge is 2.45. The van der Waals surface area contributed by atoms with Crippen molar-refractivity contribution in [2.24, 2.45) is 0 Å². The molecule has 3 aromatic rings. The number of hydrogen-bond acceptors (Lipinski definition) is 14. The van der Waals surface area contributed by atoms with E-state index in [0.717, 1.165) is 25.4 Å². The molecule has 3 saturated heterocycles. The number of rotatable bonds is 6. The van der Waals surface area contributed by atoms with Crippen molar-refractivity contribution in [3.63, 3.8) is 0 Å². The van der Waals surface area contributed by atoms with Gasteiger partial charge in [0.05, 0.1) is 42.4 Å². The number of methoxy groups -OCH3 is 1. The molecule has 0 saturated carbocycles. The van der Waals surface area contributed by atoms with Crippen LogP contribution >= 0.6 is 11.6 Å². The summed E-state index contributed by atoms with van der Waals surface area (Å²) >= 11 is 4.18. The summed E-state index contributed by atoms with van der Waals surface area (Å²) < 4.78 is 95.1. The second-order valence-corrected chi connectivity index (χ2v) is 20.9. The van der Waals surface area contributed by atoms with Gasteiger partial charge in [-0.05, 0) is 131 Å². The largest absolute Gasteiger partial charge is 0.464 e. The van der Waals surface area contributed by atoms with Crippen LogP contribution in [0.25, 0.3) is 0 Å². The number of amides is 3. The van der Waals surface area contributed by atoms with E-state index in [1.54, 1.807) is 58.7 Å². The summed E-state index contributed by atoms with van der Waals surface area (Å²) in [5.41, 5.74) is -3.69. The average Bonchev–Trinajstić information content (AvgIpc) is 4.14. The zero-order valence-corrected chi connectivity index (χ0v) is 43.7. The van der Waals surface area contributed by atoms with Crippen molar-refractivity contribution in [3.05, 3.63) is 53.9 Å². The molecule has 6 heterocycles. The molecule has 20 nitrogen and oxygen atoms in total. The molecule has 27 heteroatoms. The number of hydrogen-bond donors (Lipinski definition) is 1. The van der Waals surface area contributed by atoms with Crippen molar-refractivity contribution in [1.29, 1.82) is 15.8 Å².